The van der Waals surface area contributed by atoms with Crippen LogP contribution in [0.3, 0.4) is 0 Å². The molecule has 1 saturated heterocycles. The Bertz CT molecular complexity index is 976. The largest absolute Gasteiger partial charge is 0.388 e. The zero-order valence-electron chi connectivity index (χ0n) is 16.0. The van der Waals surface area contributed by atoms with Crippen molar-refractivity contribution in [2.45, 2.75) is 18.9 Å². The van der Waals surface area contributed by atoms with Gasteiger partial charge in [-0.3, -0.25) is 14.5 Å². The number of rotatable bonds is 4. The minimum Gasteiger partial charge on any atom is -0.388 e. The molecule has 7 rings (SSSR count). The highest BCUT2D eigenvalue weighted by molar-refractivity contribution is 6.22. The maximum atomic E-state index is 13.2. The monoisotopic (exact) mass is 385 g/mol. The summed E-state index contributed by atoms with van der Waals surface area (Å²) in [5.74, 6) is 1.27. The third kappa shape index (κ3) is 2.48. The van der Waals surface area contributed by atoms with Crippen molar-refractivity contribution in [2.24, 2.45) is 35.5 Å². The van der Waals surface area contributed by atoms with Crippen LogP contribution in [0, 0.1) is 35.5 Å². The van der Waals surface area contributed by atoms with E-state index in [2.05, 4.69) is 12.2 Å². The van der Waals surface area contributed by atoms with Crippen molar-refractivity contribution in [2.75, 3.05) is 4.90 Å². The number of nitrogens with zero attached hydrogens (tertiary/aromatic N) is 1. The lowest BCUT2D eigenvalue weighted by Gasteiger charge is -2.37. The van der Waals surface area contributed by atoms with E-state index in [1.165, 1.54) is 11.3 Å². The lowest BCUT2D eigenvalue weighted by Crippen LogP contribution is -2.40. The summed E-state index contributed by atoms with van der Waals surface area (Å²) in [7, 11) is 0. The molecule has 1 unspecified atom stereocenters. The van der Waals surface area contributed by atoms with Gasteiger partial charge in [-0.05, 0) is 53.4 Å². The maximum Gasteiger partial charge on any atom is 0.238 e. The molecule has 29 heavy (non-hydrogen) atoms. The van der Waals surface area contributed by atoms with Crippen molar-refractivity contribution >= 4 is 17.5 Å². The van der Waals surface area contributed by atoms with Crippen molar-refractivity contribution in [1.29, 1.82) is 0 Å². The lowest BCUT2D eigenvalue weighted by atomic mass is 9.63. The summed E-state index contributed by atoms with van der Waals surface area (Å²) in [6, 6.07) is 17.1. The summed E-state index contributed by atoms with van der Waals surface area (Å²) in [5.41, 5.74) is 2.48. The summed E-state index contributed by atoms with van der Waals surface area (Å²) in [6.45, 7) is 0. The molecule has 2 aromatic carbocycles. The fourth-order valence-corrected chi connectivity index (χ4v) is 6.01. The van der Waals surface area contributed by atoms with Gasteiger partial charge in [-0.2, -0.15) is 0 Å². The molecule has 1 aliphatic heterocycles. The molecule has 2 amide bonds. The summed E-state index contributed by atoms with van der Waals surface area (Å²) in [4.78, 5) is 27.8. The van der Waals surface area contributed by atoms with Crippen LogP contribution in [0.2, 0.25) is 0 Å². The number of amides is 2. The molecule has 4 heteroatoms. The minimum atomic E-state index is -0.619. The van der Waals surface area contributed by atoms with Crippen molar-refractivity contribution in [3.05, 3.63) is 77.9 Å². The van der Waals surface area contributed by atoms with Crippen LogP contribution in [0.1, 0.15) is 23.7 Å². The number of hydrogen-bond donors (Lipinski definition) is 1. The van der Waals surface area contributed by atoms with Crippen LogP contribution in [-0.2, 0) is 16.0 Å². The molecule has 2 saturated carbocycles. The van der Waals surface area contributed by atoms with Crippen LogP contribution in [-0.4, -0.2) is 16.9 Å². The van der Waals surface area contributed by atoms with Crippen molar-refractivity contribution < 1.29 is 14.7 Å². The Morgan fingerprint density at radius 2 is 1.45 bits per heavy atom. The van der Waals surface area contributed by atoms with Gasteiger partial charge in [-0.1, -0.05) is 54.6 Å². The normalized spacial score (nSPS) is 34.9. The molecule has 1 N–H and O–H groups in total. The Balaban J connectivity index is 1.24. The Hall–Kier alpha value is -2.72. The molecular formula is C25H23NO3. The van der Waals surface area contributed by atoms with Crippen molar-refractivity contribution in [3.8, 4) is 0 Å². The summed E-state index contributed by atoms with van der Waals surface area (Å²) < 4.78 is 0. The molecule has 1 heterocycles. The third-order valence-corrected chi connectivity index (χ3v) is 7.47. The first kappa shape index (κ1) is 17.2. The minimum absolute atomic E-state index is 0.0396. The van der Waals surface area contributed by atoms with E-state index in [0.29, 0.717) is 23.9 Å². The van der Waals surface area contributed by atoms with E-state index in [1.807, 2.05) is 42.5 Å². The van der Waals surface area contributed by atoms with Crippen LogP contribution in [0.5, 0.6) is 0 Å². The number of anilines is 1. The van der Waals surface area contributed by atoms with Crippen LogP contribution < -0.4 is 4.90 Å². The van der Waals surface area contributed by atoms with Gasteiger partial charge in [0, 0.05) is 6.42 Å². The zero-order chi connectivity index (χ0) is 19.7. The number of carbonyl (C=O) groups is 2. The first-order valence-electron chi connectivity index (χ1n) is 10.5. The standard InChI is InChI=1S/C25H23NO3/c27-21(12-14-4-2-1-3-5-14)15-6-8-16(9-7-15)26-24(28)22-17-10-11-18(20-13-19(17)20)23(22)25(26)29/h1-11,17-23,27H,12-13H2/t17-,18+,19+,20-,21?,22-,23+. The maximum absolute atomic E-state index is 13.2. The first-order chi connectivity index (χ1) is 14.1. The van der Waals surface area contributed by atoms with E-state index in [4.69, 9.17) is 0 Å². The number of benzene rings is 2. The van der Waals surface area contributed by atoms with Gasteiger partial charge < -0.3 is 5.11 Å². The predicted molar refractivity (Wildman–Crippen MR) is 109 cm³/mol. The van der Waals surface area contributed by atoms with Crippen LogP contribution in [0.4, 0.5) is 5.69 Å². The number of allylic oxidation sites excluding steroid dienone is 2. The molecule has 3 fully saturated rings. The fraction of sp³-hybridized carbons (Fsp3) is 0.360. The average molecular weight is 385 g/mol. The van der Waals surface area contributed by atoms with Crippen molar-refractivity contribution in [1.82, 2.24) is 0 Å². The Kier molecular flexibility index (Phi) is 3.63. The van der Waals surface area contributed by atoms with Crippen LogP contribution in [0.25, 0.3) is 0 Å². The Morgan fingerprint density at radius 1 is 0.862 bits per heavy atom. The van der Waals surface area contributed by atoms with Crippen LogP contribution >= 0.6 is 0 Å². The quantitative estimate of drug-likeness (QED) is 0.647. The summed E-state index contributed by atoms with van der Waals surface area (Å²) in [6.07, 6.45) is 5.47. The van der Waals surface area contributed by atoms with Gasteiger partial charge in [0.2, 0.25) is 11.8 Å². The van der Waals surface area contributed by atoms with Gasteiger partial charge >= 0.3 is 0 Å². The number of aliphatic hydroxyl groups excluding tert-OH is 1. The van der Waals surface area contributed by atoms with E-state index < -0.39 is 6.10 Å². The van der Waals surface area contributed by atoms with Gasteiger partial charge in [0.15, 0.2) is 0 Å². The smallest absolute Gasteiger partial charge is 0.238 e. The van der Waals surface area contributed by atoms with Gasteiger partial charge in [0.1, 0.15) is 0 Å². The number of imide groups is 1. The van der Waals surface area contributed by atoms with Gasteiger partial charge in [-0.15, -0.1) is 0 Å². The topological polar surface area (TPSA) is 57.6 Å². The summed E-state index contributed by atoms with van der Waals surface area (Å²) in [5, 5.41) is 10.6. The van der Waals surface area contributed by atoms with E-state index in [1.54, 1.807) is 12.1 Å². The number of aliphatic hydroxyl groups is 1. The second kappa shape index (κ2) is 6.14. The first-order valence-corrected chi connectivity index (χ1v) is 10.5. The molecule has 0 aromatic heterocycles. The van der Waals surface area contributed by atoms with Gasteiger partial charge in [-0.25, -0.2) is 0 Å². The second-order valence-electron chi connectivity index (χ2n) is 8.96. The lowest BCUT2D eigenvalue weighted by molar-refractivity contribution is -0.124. The molecule has 146 valence electrons. The molecule has 5 aliphatic rings. The van der Waals surface area contributed by atoms with E-state index in [0.717, 1.165) is 11.1 Å². The molecular weight excluding hydrogens is 362 g/mol. The van der Waals surface area contributed by atoms with E-state index >= 15 is 0 Å². The Morgan fingerprint density at radius 3 is 2.03 bits per heavy atom. The Labute approximate surface area is 169 Å². The molecule has 0 radical (unpaired) electrons. The van der Waals surface area contributed by atoms with E-state index in [9.17, 15) is 14.7 Å². The zero-order valence-corrected chi connectivity index (χ0v) is 16.0. The molecule has 4 aliphatic carbocycles. The highest BCUT2D eigenvalue weighted by atomic mass is 16.3. The highest BCUT2D eigenvalue weighted by Gasteiger charge is 2.67. The highest BCUT2D eigenvalue weighted by Crippen LogP contribution is 2.65. The predicted octanol–water partition coefficient (Wildman–Crippen LogP) is 3.52. The molecule has 2 bridgehead atoms. The van der Waals surface area contributed by atoms with E-state index in [-0.39, 0.29) is 35.5 Å². The average Bonchev–Trinajstić information content (AvgIpc) is 3.53. The van der Waals surface area contributed by atoms with Crippen LogP contribution in [0.15, 0.2) is 66.7 Å². The molecule has 0 spiro atoms. The third-order valence-electron chi connectivity index (χ3n) is 7.47. The van der Waals surface area contributed by atoms with Gasteiger partial charge in [0.05, 0.1) is 23.6 Å². The molecule has 7 atom stereocenters. The molecule has 4 nitrogen and oxygen atoms in total. The number of carbonyl (C=O) groups excluding carboxylic acids is 2. The SMILES string of the molecule is O=C1[C@@H]2[C@@H]3C=C[C@@H]([C@H]4C[C@@H]34)[C@@H]2C(=O)N1c1ccc(C(O)Cc2ccccc2)cc1. The molecule has 2 aromatic rings. The second-order valence-corrected chi connectivity index (χ2v) is 8.96. The summed E-state index contributed by atoms with van der Waals surface area (Å²) >= 11 is 0. The van der Waals surface area contributed by atoms with Crippen molar-refractivity contribution in [3.63, 3.8) is 0 Å². The number of hydrogen-bond acceptors (Lipinski definition) is 3. The fourth-order valence-electron chi connectivity index (χ4n) is 6.01. The van der Waals surface area contributed by atoms with Gasteiger partial charge in [0.25, 0.3) is 0 Å².